The number of ether oxygens (including phenoxy) is 1. The highest BCUT2D eigenvalue weighted by molar-refractivity contribution is 6.07. The Morgan fingerprint density at radius 3 is 2.18 bits per heavy atom. The second kappa shape index (κ2) is 11.9. The molecule has 39 heavy (non-hydrogen) atoms. The van der Waals surface area contributed by atoms with Gasteiger partial charge in [-0.25, -0.2) is 9.18 Å². The molecule has 2 N–H and O–H groups in total. The molecule has 0 aromatic heterocycles. The standard InChI is InChI=1S/C32H26FN3O3/c33-29-15-6-7-16-30(29)35-32(38)36(24-17-19-26(20-18-24)39-25-11-2-1-3-12-25)22-21-34-31(37)28-14-8-10-23-9-4-5-13-27(23)28/h1-20H,21-22H2,(H,34,37)(H,35,38). The van der Waals surface area contributed by atoms with Gasteiger partial charge in [-0.3, -0.25) is 9.69 Å². The molecule has 5 aromatic carbocycles. The van der Waals surface area contributed by atoms with Crippen molar-refractivity contribution in [3.8, 4) is 11.5 Å². The minimum atomic E-state index is -0.540. The van der Waals surface area contributed by atoms with E-state index in [1.54, 1.807) is 42.5 Å². The van der Waals surface area contributed by atoms with Crippen LogP contribution in [0.25, 0.3) is 10.8 Å². The first-order chi connectivity index (χ1) is 19.1. The molecule has 194 valence electrons. The van der Waals surface area contributed by atoms with Crippen molar-refractivity contribution in [1.82, 2.24) is 5.32 Å². The Hall–Kier alpha value is -5.17. The molecule has 0 fully saturated rings. The van der Waals surface area contributed by atoms with Crippen LogP contribution in [0.1, 0.15) is 10.4 Å². The number of amides is 3. The van der Waals surface area contributed by atoms with Crippen LogP contribution in [0.15, 0.2) is 121 Å². The molecule has 0 aliphatic rings. The zero-order valence-corrected chi connectivity index (χ0v) is 21.0. The first-order valence-electron chi connectivity index (χ1n) is 12.5. The van der Waals surface area contributed by atoms with Crippen molar-refractivity contribution in [3.05, 3.63) is 133 Å². The number of hydrogen-bond donors (Lipinski definition) is 2. The van der Waals surface area contributed by atoms with Crippen LogP contribution in [-0.4, -0.2) is 25.0 Å². The van der Waals surface area contributed by atoms with E-state index in [2.05, 4.69) is 10.6 Å². The summed E-state index contributed by atoms with van der Waals surface area (Å²) >= 11 is 0. The summed E-state index contributed by atoms with van der Waals surface area (Å²) in [5.41, 5.74) is 1.18. The molecule has 6 nitrogen and oxygen atoms in total. The van der Waals surface area contributed by atoms with Crippen LogP contribution in [0.5, 0.6) is 11.5 Å². The lowest BCUT2D eigenvalue weighted by Crippen LogP contribution is -2.41. The lowest BCUT2D eigenvalue weighted by atomic mass is 10.0. The maximum absolute atomic E-state index is 14.2. The van der Waals surface area contributed by atoms with Gasteiger partial charge in [0.2, 0.25) is 0 Å². The summed E-state index contributed by atoms with van der Waals surface area (Å²) in [6, 6.07) is 35.0. The predicted molar refractivity (Wildman–Crippen MR) is 152 cm³/mol. The molecule has 0 bridgehead atoms. The molecule has 0 heterocycles. The van der Waals surface area contributed by atoms with Gasteiger partial charge in [-0.05, 0) is 65.4 Å². The van der Waals surface area contributed by atoms with Crippen molar-refractivity contribution in [3.63, 3.8) is 0 Å². The second-order valence-corrected chi connectivity index (χ2v) is 8.75. The maximum atomic E-state index is 14.2. The van der Waals surface area contributed by atoms with Crippen molar-refractivity contribution in [2.24, 2.45) is 0 Å². The van der Waals surface area contributed by atoms with E-state index < -0.39 is 11.8 Å². The molecule has 5 aromatic rings. The maximum Gasteiger partial charge on any atom is 0.326 e. The predicted octanol–water partition coefficient (Wildman–Crippen LogP) is 7.24. The molecular formula is C32H26FN3O3. The van der Waals surface area contributed by atoms with Gasteiger partial charge >= 0.3 is 6.03 Å². The van der Waals surface area contributed by atoms with Gasteiger partial charge in [-0.1, -0.05) is 66.7 Å². The molecule has 0 aliphatic heterocycles. The third-order valence-corrected chi connectivity index (χ3v) is 6.14. The Labute approximate surface area is 225 Å². The smallest absolute Gasteiger partial charge is 0.326 e. The van der Waals surface area contributed by atoms with Gasteiger partial charge in [-0.15, -0.1) is 0 Å². The number of nitrogens with zero attached hydrogens (tertiary/aromatic N) is 1. The Morgan fingerprint density at radius 2 is 1.38 bits per heavy atom. The van der Waals surface area contributed by atoms with Gasteiger partial charge in [0, 0.05) is 24.3 Å². The zero-order valence-electron chi connectivity index (χ0n) is 21.0. The summed E-state index contributed by atoms with van der Waals surface area (Å²) in [5, 5.41) is 7.35. The summed E-state index contributed by atoms with van der Waals surface area (Å²) in [5.74, 6) is 0.508. The number of hydrogen-bond acceptors (Lipinski definition) is 3. The van der Waals surface area contributed by atoms with Crippen molar-refractivity contribution >= 4 is 34.1 Å². The summed E-state index contributed by atoms with van der Waals surface area (Å²) in [7, 11) is 0. The van der Waals surface area contributed by atoms with Crippen molar-refractivity contribution in [1.29, 1.82) is 0 Å². The van der Waals surface area contributed by atoms with Crippen LogP contribution < -0.4 is 20.3 Å². The fourth-order valence-corrected chi connectivity index (χ4v) is 4.21. The molecule has 3 amide bonds. The fraction of sp³-hybridized carbons (Fsp3) is 0.0625. The van der Waals surface area contributed by atoms with Gasteiger partial charge < -0.3 is 15.4 Å². The molecule has 0 unspecified atom stereocenters. The summed E-state index contributed by atoms with van der Waals surface area (Å²) in [4.78, 5) is 27.7. The Kier molecular flexibility index (Phi) is 7.79. The van der Waals surface area contributed by atoms with Gasteiger partial charge in [-0.2, -0.15) is 0 Å². The van der Waals surface area contributed by atoms with Crippen molar-refractivity contribution in [2.75, 3.05) is 23.3 Å². The van der Waals surface area contributed by atoms with E-state index in [-0.39, 0.29) is 24.7 Å². The zero-order chi connectivity index (χ0) is 27.0. The minimum absolute atomic E-state index is 0.0660. The average Bonchev–Trinajstić information content (AvgIpc) is 2.97. The lowest BCUT2D eigenvalue weighted by molar-refractivity contribution is 0.0956. The van der Waals surface area contributed by atoms with E-state index in [9.17, 15) is 14.0 Å². The number of nitrogens with one attached hydrogen (secondary N) is 2. The van der Waals surface area contributed by atoms with Gasteiger partial charge in [0.1, 0.15) is 17.3 Å². The molecule has 0 saturated heterocycles. The van der Waals surface area contributed by atoms with E-state index in [4.69, 9.17) is 4.74 Å². The highest BCUT2D eigenvalue weighted by atomic mass is 19.1. The van der Waals surface area contributed by atoms with Crippen LogP contribution in [0, 0.1) is 5.82 Å². The normalized spacial score (nSPS) is 10.6. The number of urea groups is 1. The first-order valence-corrected chi connectivity index (χ1v) is 12.5. The molecular weight excluding hydrogens is 493 g/mol. The van der Waals surface area contributed by atoms with Crippen LogP contribution in [0.3, 0.4) is 0 Å². The largest absolute Gasteiger partial charge is 0.457 e. The third kappa shape index (κ3) is 6.22. The van der Waals surface area contributed by atoms with E-state index in [0.29, 0.717) is 22.7 Å². The van der Waals surface area contributed by atoms with E-state index in [1.165, 1.54) is 17.0 Å². The highest BCUT2D eigenvalue weighted by Crippen LogP contribution is 2.25. The van der Waals surface area contributed by atoms with Gasteiger partial charge in [0.15, 0.2) is 0 Å². The number of para-hydroxylation sites is 2. The molecule has 0 saturated carbocycles. The monoisotopic (exact) mass is 519 g/mol. The number of carbonyl (C=O) groups is 2. The lowest BCUT2D eigenvalue weighted by Gasteiger charge is -2.24. The first kappa shape index (κ1) is 25.5. The number of benzene rings is 5. The Bertz CT molecular complexity index is 1580. The van der Waals surface area contributed by atoms with Crippen molar-refractivity contribution in [2.45, 2.75) is 0 Å². The number of carbonyl (C=O) groups excluding carboxylic acids is 2. The third-order valence-electron chi connectivity index (χ3n) is 6.14. The van der Waals surface area contributed by atoms with E-state index in [0.717, 1.165) is 10.8 Å². The van der Waals surface area contributed by atoms with E-state index in [1.807, 2.05) is 66.7 Å². The molecule has 0 radical (unpaired) electrons. The number of anilines is 2. The van der Waals surface area contributed by atoms with Crippen LogP contribution in [0.4, 0.5) is 20.6 Å². The van der Waals surface area contributed by atoms with Crippen LogP contribution in [-0.2, 0) is 0 Å². The number of rotatable bonds is 8. The molecule has 0 atom stereocenters. The highest BCUT2D eigenvalue weighted by Gasteiger charge is 2.18. The molecule has 7 heteroatoms. The van der Waals surface area contributed by atoms with Crippen molar-refractivity contribution < 1.29 is 18.7 Å². The number of halogens is 1. The second-order valence-electron chi connectivity index (χ2n) is 8.75. The summed E-state index contributed by atoms with van der Waals surface area (Å²) in [6.45, 7) is 0.324. The van der Waals surface area contributed by atoms with Gasteiger partial charge in [0.05, 0.1) is 5.69 Å². The minimum Gasteiger partial charge on any atom is -0.457 e. The Morgan fingerprint density at radius 1 is 0.718 bits per heavy atom. The Balaban J connectivity index is 1.32. The van der Waals surface area contributed by atoms with Crippen LogP contribution in [0.2, 0.25) is 0 Å². The quantitative estimate of drug-likeness (QED) is 0.227. The van der Waals surface area contributed by atoms with Gasteiger partial charge in [0.25, 0.3) is 5.91 Å². The summed E-state index contributed by atoms with van der Waals surface area (Å²) < 4.78 is 20.1. The SMILES string of the molecule is O=C(NCCN(C(=O)Nc1ccccc1F)c1ccc(Oc2ccccc2)cc1)c1cccc2ccccc12. The molecule has 0 spiro atoms. The topological polar surface area (TPSA) is 70.7 Å². The van der Waals surface area contributed by atoms with E-state index >= 15 is 0 Å². The fourth-order valence-electron chi connectivity index (χ4n) is 4.21. The average molecular weight is 520 g/mol. The summed E-state index contributed by atoms with van der Waals surface area (Å²) in [6.07, 6.45) is 0. The molecule has 0 aliphatic carbocycles. The molecule has 5 rings (SSSR count). The number of fused-ring (bicyclic) bond motifs is 1. The van der Waals surface area contributed by atoms with Crippen LogP contribution >= 0.6 is 0 Å².